The topological polar surface area (TPSA) is 80.5 Å². The number of carbonyl (C=O) groups excluding carboxylic acids is 1. The lowest BCUT2D eigenvalue weighted by Crippen LogP contribution is -2.20. The normalized spacial score (nSPS) is 10.7. The minimum Gasteiger partial charge on any atom is -0.497 e. The van der Waals surface area contributed by atoms with E-state index >= 15 is 0 Å². The van der Waals surface area contributed by atoms with Gasteiger partial charge in [0.2, 0.25) is 5.78 Å². The highest BCUT2D eigenvalue weighted by molar-refractivity contribution is 6.00. The van der Waals surface area contributed by atoms with Crippen molar-refractivity contribution in [3.8, 4) is 17.0 Å². The third-order valence-corrected chi connectivity index (χ3v) is 4.72. The van der Waals surface area contributed by atoms with Crippen LogP contribution >= 0.6 is 0 Å². The molecule has 0 aliphatic carbocycles. The lowest BCUT2D eigenvalue weighted by molar-refractivity contribution is 0.262. The molecule has 7 nitrogen and oxygen atoms in total. The van der Waals surface area contributed by atoms with Crippen LogP contribution in [0.4, 0.5) is 16.2 Å². The van der Waals surface area contributed by atoms with Gasteiger partial charge < -0.3 is 15.4 Å². The average molecular weight is 387 g/mol. The number of aromatic nitrogens is 3. The average Bonchev–Trinajstić information content (AvgIpc) is 3.06. The van der Waals surface area contributed by atoms with Crippen LogP contribution in [0.25, 0.3) is 17.0 Å². The van der Waals surface area contributed by atoms with E-state index in [1.54, 1.807) is 13.3 Å². The van der Waals surface area contributed by atoms with Gasteiger partial charge in [-0.15, -0.1) is 0 Å². The number of methoxy groups -OCH3 is 1. The SMILES string of the molecule is COc1ccc(NC(=O)Nc2cccc(-c3nc4ncccn4c3C)c2)c(C)c1. The second-order valence-corrected chi connectivity index (χ2v) is 6.68. The molecular formula is C22H21N5O2. The number of fused-ring (bicyclic) bond motifs is 1. The number of nitrogens with one attached hydrogen (secondary N) is 2. The largest absolute Gasteiger partial charge is 0.497 e. The van der Waals surface area contributed by atoms with Crippen molar-refractivity contribution >= 4 is 23.2 Å². The number of amides is 2. The Hall–Kier alpha value is -3.87. The maximum atomic E-state index is 12.5. The van der Waals surface area contributed by atoms with Crippen molar-refractivity contribution in [2.24, 2.45) is 0 Å². The molecule has 0 bridgehead atoms. The van der Waals surface area contributed by atoms with Crippen molar-refractivity contribution in [3.63, 3.8) is 0 Å². The summed E-state index contributed by atoms with van der Waals surface area (Å²) in [5.41, 5.74) is 5.05. The first-order valence-corrected chi connectivity index (χ1v) is 9.18. The number of nitrogens with zero attached hydrogens (tertiary/aromatic N) is 3. The molecule has 0 aliphatic heterocycles. The molecule has 7 heteroatoms. The number of ether oxygens (including phenoxy) is 1. The van der Waals surface area contributed by atoms with Gasteiger partial charge in [0.25, 0.3) is 0 Å². The fourth-order valence-electron chi connectivity index (χ4n) is 3.21. The van der Waals surface area contributed by atoms with Crippen LogP contribution in [0.2, 0.25) is 0 Å². The van der Waals surface area contributed by atoms with Gasteiger partial charge in [0.1, 0.15) is 5.75 Å². The molecule has 2 heterocycles. The molecule has 0 fully saturated rings. The first kappa shape index (κ1) is 18.5. The molecule has 0 unspecified atom stereocenters. The molecule has 29 heavy (non-hydrogen) atoms. The zero-order chi connectivity index (χ0) is 20.4. The number of aryl methyl sites for hydroxylation is 2. The summed E-state index contributed by atoms with van der Waals surface area (Å²) in [4.78, 5) is 21.4. The Labute approximate surface area is 168 Å². The summed E-state index contributed by atoms with van der Waals surface area (Å²) in [6.07, 6.45) is 3.65. The van der Waals surface area contributed by atoms with Crippen molar-refractivity contribution < 1.29 is 9.53 Å². The van der Waals surface area contributed by atoms with Gasteiger partial charge in [-0.2, -0.15) is 0 Å². The highest BCUT2D eigenvalue weighted by atomic mass is 16.5. The van der Waals surface area contributed by atoms with Gasteiger partial charge in [0, 0.05) is 35.0 Å². The number of hydrogen-bond donors (Lipinski definition) is 2. The number of benzene rings is 2. The number of anilines is 2. The van der Waals surface area contributed by atoms with Gasteiger partial charge in [-0.25, -0.2) is 14.8 Å². The first-order valence-electron chi connectivity index (χ1n) is 9.18. The van der Waals surface area contributed by atoms with Crippen LogP contribution in [-0.2, 0) is 0 Å². The number of carbonyl (C=O) groups is 1. The summed E-state index contributed by atoms with van der Waals surface area (Å²) in [5.74, 6) is 1.39. The molecule has 2 aromatic carbocycles. The van der Waals surface area contributed by atoms with Crippen LogP contribution in [0.15, 0.2) is 60.9 Å². The molecule has 0 atom stereocenters. The summed E-state index contributed by atoms with van der Waals surface area (Å²) >= 11 is 0. The van der Waals surface area contributed by atoms with Crippen LogP contribution in [0.5, 0.6) is 5.75 Å². The third-order valence-electron chi connectivity index (χ3n) is 4.72. The Morgan fingerprint density at radius 3 is 2.69 bits per heavy atom. The second-order valence-electron chi connectivity index (χ2n) is 6.68. The van der Waals surface area contributed by atoms with Gasteiger partial charge in [-0.1, -0.05) is 12.1 Å². The fourth-order valence-corrected chi connectivity index (χ4v) is 3.21. The summed E-state index contributed by atoms with van der Waals surface area (Å²) in [7, 11) is 1.61. The van der Waals surface area contributed by atoms with E-state index in [4.69, 9.17) is 4.74 Å². The number of hydrogen-bond acceptors (Lipinski definition) is 4. The van der Waals surface area contributed by atoms with E-state index in [0.29, 0.717) is 11.5 Å². The van der Waals surface area contributed by atoms with Crippen molar-refractivity contribution in [1.82, 2.24) is 14.4 Å². The summed E-state index contributed by atoms with van der Waals surface area (Å²) < 4.78 is 7.14. The van der Waals surface area contributed by atoms with Crippen molar-refractivity contribution in [3.05, 3.63) is 72.2 Å². The third kappa shape index (κ3) is 3.75. The predicted octanol–water partition coefficient (Wildman–Crippen LogP) is 4.67. The molecule has 0 radical (unpaired) electrons. The molecule has 2 N–H and O–H groups in total. The summed E-state index contributed by atoms with van der Waals surface area (Å²) in [5, 5.41) is 5.74. The Kier molecular flexibility index (Phi) is 4.87. The van der Waals surface area contributed by atoms with E-state index in [-0.39, 0.29) is 6.03 Å². The molecule has 146 valence electrons. The molecule has 4 aromatic rings. The van der Waals surface area contributed by atoms with E-state index in [2.05, 4.69) is 20.6 Å². The quantitative estimate of drug-likeness (QED) is 0.533. The molecule has 4 rings (SSSR count). The fraction of sp³-hybridized carbons (Fsp3) is 0.136. The van der Waals surface area contributed by atoms with Gasteiger partial charge in [0.05, 0.1) is 12.8 Å². The zero-order valence-corrected chi connectivity index (χ0v) is 16.4. The number of urea groups is 1. The maximum Gasteiger partial charge on any atom is 0.323 e. The van der Waals surface area contributed by atoms with Crippen LogP contribution < -0.4 is 15.4 Å². The lowest BCUT2D eigenvalue weighted by Gasteiger charge is -2.11. The highest BCUT2D eigenvalue weighted by Gasteiger charge is 2.12. The number of imidazole rings is 1. The van der Waals surface area contributed by atoms with E-state index < -0.39 is 0 Å². The molecule has 2 amide bonds. The second kappa shape index (κ2) is 7.63. The highest BCUT2D eigenvalue weighted by Crippen LogP contribution is 2.26. The van der Waals surface area contributed by atoms with Crippen molar-refractivity contribution in [1.29, 1.82) is 0 Å². The van der Waals surface area contributed by atoms with Gasteiger partial charge >= 0.3 is 6.03 Å². The van der Waals surface area contributed by atoms with Gasteiger partial charge in [-0.05, 0) is 55.8 Å². The maximum absolute atomic E-state index is 12.5. The molecule has 0 aliphatic rings. The van der Waals surface area contributed by atoms with E-state index in [9.17, 15) is 4.79 Å². The first-order chi connectivity index (χ1) is 14.0. The minimum atomic E-state index is -0.316. The summed E-state index contributed by atoms with van der Waals surface area (Å²) in [6.45, 7) is 3.91. The smallest absolute Gasteiger partial charge is 0.323 e. The van der Waals surface area contributed by atoms with Crippen LogP contribution in [0, 0.1) is 13.8 Å². The Bertz CT molecular complexity index is 1200. The lowest BCUT2D eigenvalue weighted by atomic mass is 10.1. The Morgan fingerprint density at radius 1 is 1.07 bits per heavy atom. The molecule has 0 spiro atoms. The zero-order valence-electron chi connectivity index (χ0n) is 16.4. The molecule has 0 saturated carbocycles. The standard InChI is InChI=1S/C22H21N5O2/c1-14-12-18(29-3)8-9-19(14)25-22(28)24-17-7-4-6-16(13-17)20-15(2)27-11-5-10-23-21(27)26-20/h4-13H,1-3H3,(H2,24,25,28). The van der Waals surface area contributed by atoms with E-state index in [1.165, 1.54) is 0 Å². The predicted molar refractivity (Wildman–Crippen MR) is 114 cm³/mol. The van der Waals surface area contributed by atoms with Gasteiger partial charge in [-0.3, -0.25) is 4.40 Å². The molecule has 2 aromatic heterocycles. The van der Waals surface area contributed by atoms with E-state index in [0.717, 1.165) is 34.0 Å². The Balaban J connectivity index is 1.54. The van der Waals surface area contributed by atoms with E-state index in [1.807, 2.05) is 73.0 Å². The van der Waals surface area contributed by atoms with Crippen LogP contribution in [0.3, 0.4) is 0 Å². The summed E-state index contributed by atoms with van der Waals surface area (Å²) in [6, 6.07) is 14.6. The van der Waals surface area contributed by atoms with Crippen molar-refractivity contribution in [2.45, 2.75) is 13.8 Å². The molecular weight excluding hydrogens is 366 g/mol. The van der Waals surface area contributed by atoms with Crippen molar-refractivity contribution in [2.75, 3.05) is 17.7 Å². The Morgan fingerprint density at radius 2 is 1.93 bits per heavy atom. The number of rotatable bonds is 4. The van der Waals surface area contributed by atoms with Crippen LogP contribution in [-0.4, -0.2) is 27.5 Å². The monoisotopic (exact) mass is 387 g/mol. The van der Waals surface area contributed by atoms with Crippen LogP contribution in [0.1, 0.15) is 11.3 Å². The molecule has 0 saturated heterocycles. The minimum absolute atomic E-state index is 0.316. The van der Waals surface area contributed by atoms with Gasteiger partial charge in [0.15, 0.2) is 0 Å².